The highest BCUT2D eigenvalue weighted by Gasteiger charge is 1.95. The maximum absolute atomic E-state index is 10.3. The Bertz CT molecular complexity index is 299. The molecule has 0 aliphatic rings. The number of rotatable bonds is 15. The first-order chi connectivity index (χ1) is 10.8. The number of carboxylic acids is 1. The highest BCUT2D eigenvalue weighted by Crippen LogP contribution is 2.10. The summed E-state index contributed by atoms with van der Waals surface area (Å²) in [6, 6.07) is 0. The maximum Gasteiger partial charge on any atom is 0.303 e. The van der Waals surface area contributed by atoms with Crippen LogP contribution in [0.5, 0.6) is 0 Å². The van der Waals surface area contributed by atoms with Gasteiger partial charge >= 0.3 is 5.97 Å². The largest absolute Gasteiger partial charge is 0.481 e. The van der Waals surface area contributed by atoms with Crippen molar-refractivity contribution in [1.82, 2.24) is 0 Å². The first-order valence-corrected chi connectivity index (χ1v) is 9.45. The van der Waals surface area contributed by atoms with Crippen LogP contribution in [-0.4, -0.2) is 11.1 Å². The molecule has 0 fully saturated rings. The van der Waals surface area contributed by atoms with Crippen LogP contribution >= 0.6 is 0 Å². The Morgan fingerprint density at radius 3 is 1.55 bits per heavy atom. The Morgan fingerprint density at radius 1 is 0.682 bits per heavy atom. The van der Waals surface area contributed by atoms with Crippen LogP contribution in [0.3, 0.4) is 0 Å². The van der Waals surface area contributed by atoms with Gasteiger partial charge in [-0.3, -0.25) is 4.79 Å². The second-order valence-corrected chi connectivity index (χ2v) is 6.24. The average Bonchev–Trinajstić information content (AvgIpc) is 2.50. The summed E-state index contributed by atoms with van der Waals surface area (Å²) in [6.45, 7) is 2.26. The van der Waals surface area contributed by atoms with Crippen molar-refractivity contribution in [3.05, 3.63) is 0 Å². The van der Waals surface area contributed by atoms with Crippen molar-refractivity contribution in [2.24, 2.45) is 0 Å². The van der Waals surface area contributed by atoms with E-state index in [1.807, 2.05) is 0 Å². The van der Waals surface area contributed by atoms with Crippen LogP contribution in [0.4, 0.5) is 0 Å². The van der Waals surface area contributed by atoms with Gasteiger partial charge in [0.15, 0.2) is 0 Å². The average molecular weight is 309 g/mol. The van der Waals surface area contributed by atoms with Crippen LogP contribution in [0.2, 0.25) is 0 Å². The van der Waals surface area contributed by atoms with E-state index in [-0.39, 0.29) is 0 Å². The van der Waals surface area contributed by atoms with Crippen molar-refractivity contribution in [3.63, 3.8) is 0 Å². The van der Waals surface area contributed by atoms with Gasteiger partial charge in [-0.25, -0.2) is 0 Å². The quantitative estimate of drug-likeness (QED) is 0.283. The number of aliphatic carboxylic acids is 1. The highest BCUT2D eigenvalue weighted by atomic mass is 16.4. The zero-order chi connectivity index (χ0) is 16.3. The molecule has 2 heteroatoms. The molecule has 0 aromatic carbocycles. The minimum atomic E-state index is -0.680. The van der Waals surface area contributed by atoms with Crippen molar-refractivity contribution in [2.45, 2.75) is 110 Å². The van der Waals surface area contributed by atoms with Gasteiger partial charge in [0.05, 0.1) is 0 Å². The van der Waals surface area contributed by atoms with Crippen molar-refractivity contribution >= 4 is 5.97 Å². The first-order valence-electron chi connectivity index (χ1n) is 9.45. The third-order valence-electron chi connectivity index (χ3n) is 3.97. The number of carbonyl (C=O) groups is 1. The lowest BCUT2D eigenvalue weighted by Crippen LogP contribution is -1.93. The Balaban J connectivity index is 3.11. The number of carboxylic acid groups (broad SMARTS) is 1. The van der Waals surface area contributed by atoms with Gasteiger partial charge in [-0.05, 0) is 19.3 Å². The van der Waals surface area contributed by atoms with E-state index < -0.39 is 5.97 Å². The Kier molecular flexibility index (Phi) is 17.3. The van der Waals surface area contributed by atoms with E-state index in [9.17, 15) is 4.79 Å². The topological polar surface area (TPSA) is 37.3 Å². The summed E-state index contributed by atoms with van der Waals surface area (Å²) < 4.78 is 0. The molecular formula is C20H36O2. The van der Waals surface area contributed by atoms with Crippen LogP contribution in [0, 0.1) is 11.8 Å². The minimum absolute atomic E-state index is 0.310. The Morgan fingerprint density at radius 2 is 1.09 bits per heavy atom. The van der Waals surface area contributed by atoms with Gasteiger partial charge in [0, 0.05) is 19.3 Å². The summed E-state index contributed by atoms with van der Waals surface area (Å²) in [7, 11) is 0. The molecule has 0 rings (SSSR count). The molecule has 0 radical (unpaired) electrons. The molecule has 0 unspecified atom stereocenters. The van der Waals surface area contributed by atoms with Crippen LogP contribution in [-0.2, 0) is 4.79 Å². The van der Waals surface area contributed by atoms with Gasteiger partial charge in [-0.15, -0.1) is 11.8 Å². The predicted octanol–water partition coefficient (Wildman–Crippen LogP) is 6.34. The van der Waals surface area contributed by atoms with Crippen molar-refractivity contribution < 1.29 is 9.90 Å². The third-order valence-corrected chi connectivity index (χ3v) is 3.97. The molecule has 0 amide bonds. The molecule has 1 N–H and O–H groups in total. The molecule has 0 heterocycles. The van der Waals surface area contributed by atoms with Crippen LogP contribution < -0.4 is 0 Å². The summed E-state index contributed by atoms with van der Waals surface area (Å²) in [6.07, 6.45) is 18.7. The fourth-order valence-electron chi connectivity index (χ4n) is 2.54. The SMILES string of the molecule is CCCCCCCCCCCC#CCCCCCCC(=O)O. The Hall–Kier alpha value is -0.970. The lowest BCUT2D eigenvalue weighted by molar-refractivity contribution is -0.137. The van der Waals surface area contributed by atoms with Gasteiger partial charge in [-0.2, -0.15) is 0 Å². The zero-order valence-corrected chi connectivity index (χ0v) is 14.7. The normalized spacial score (nSPS) is 10.2. The second kappa shape index (κ2) is 18.1. The molecule has 0 bridgehead atoms. The van der Waals surface area contributed by atoms with E-state index in [0.717, 1.165) is 38.5 Å². The van der Waals surface area contributed by atoms with Gasteiger partial charge in [0.2, 0.25) is 0 Å². The molecule has 0 aliphatic heterocycles. The molecule has 128 valence electrons. The van der Waals surface area contributed by atoms with E-state index in [4.69, 9.17) is 5.11 Å². The third kappa shape index (κ3) is 19.0. The van der Waals surface area contributed by atoms with E-state index in [1.54, 1.807) is 0 Å². The molecule has 2 nitrogen and oxygen atoms in total. The fraction of sp³-hybridized carbons (Fsp3) is 0.850. The summed E-state index contributed by atoms with van der Waals surface area (Å²) in [5.74, 6) is 5.83. The number of hydrogen-bond acceptors (Lipinski definition) is 1. The van der Waals surface area contributed by atoms with Crippen molar-refractivity contribution in [2.75, 3.05) is 0 Å². The molecule has 0 spiro atoms. The van der Waals surface area contributed by atoms with Crippen LogP contribution in [0.25, 0.3) is 0 Å². The van der Waals surface area contributed by atoms with Gasteiger partial charge in [-0.1, -0.05) is 71.1 Å². The summed E-state index contributed by atoms with van der Waals surface area (Å²) >= 11 is 0. The molecular weight excluding hydrogens is 272 g/mol. The van der Waals surface area contributed by atoms with Crippen LogP contribution in [0.1, 0.15) is 110 Å². The van der Waals surface area contributed by atoms with Crippen molar-refractivity contribution in [1.29, 1.82) is 0 Å². The molecule has 0 saturated carbocycles. The van der Waals surface area contributed by atoms with E-state index in [1.165, 1.54) is 57.8 Å². The fourth-order valence-corrected chi connectivity index (χ4v) is 2.54. The molecule has 0 aromatic rings. The maximum atomic E-state index is 10.3. The Labute approximate surface area is 138 Å². The first kappa shape index (κ1) is 21.0. The monoisotopic (exact) mass is 308 g/mol. The smallest absolute Gasteiger partial charge is 0.303 e. The molecule has 0 saturated heterocycles. The standard InChI is InChI=1S/C20H36O2/c1-2-3-4-5-6-7-8-9-10-11-12-13-14-15-16-17-18-19-20(21)22/h2-11,14-19H2,1H3,(H,21,22). The number of unbranched alkanes of at least 4 members (excludes halogenated alkanes) is 13. The summed E-state index contributed by atoms with van der Waals surface area (Å²) in [4.78, 5) is 10.3. The summed E-state index contributed by atoms with van der Waals surface area (Å²) in [5, 5.41) is 8.52. The lowest BCUT2D eigenvalue weighted by atomic mass is 10.1. The van der Waals surface area contributed by atoms with Crippen molar-refractivity contribution in [3.8, 4) is 11.8 Å². The minimum Gasteiger partial charge on any atom is -0.481 e. The van der Waals surface area contributed by atoms with E-state index in [2.05, 4.69) is 18.8 Å². The van der Waals surface area contributed by atoms with Gasteiger partial charge in [0.25, 0.3) is 0 Å². The number of hydrogen-bond donors (Lipinski definition) is 1. The van der Waals surface area contributed by atoms with E-state index in [0.29, 0.717) is 6.42 Å². The van der Waals surface area contributed by atoms with Crippen LogP contribution in [0.15, 0.2) is 0 Å². The molecule has 22 heavy (non-hydrogen) atoms. The van der Waals surface area contributed by atoms with Gasteiger partial charge in [0.1, 0.15) is 0 Å². The second-order valence-electron chi connectivity index (χ2n) is 6.24. The molecule has 0 aromatic heterocycles. The summed E-state index contributed by atoms with van der Waals surface area (Å²) in [5.41, 5.74) is 0. The molecule has 0 atom stereocenters. The zero-order valence-electron chi connectivity index (χ0n) is 14.7. The highest BCUT2D eigenvalue weighted by molar-refractivity contribution is 5.66. The lowest BCUT2D eigenvalue weighted by Gasteiger charge is -2.00. The predicted molar refractivity (Wildman–Crippen MR) is 95.0 cm³/mol. The van der Waals surface area contributed by atoms with E-state index >= 15 is 0 Å². The van der Waals surface area contributed by atoms with Gasteiger partial charge < -0.3 is 5.11 Å². The molecule has 0 aliphatic carbocycles.